The van der Waals surface area contributed by atoms with E-state index in [0.29, 0.717) is 23.8 Å². The van der Waals surface area contributed by atoms with Crippen molar-refractivity contribution in [3.8, 4) is 11.5 Å². The first-order valence-corrected chi connectivity index (χ1v) is 9.11. The standard InChI is InChI=1S/C15H16INO4S/c1-3-21-12-6-4-5-11(9-12)17-22(18,19)13-7-8-15(20-2)14(16)10-13/h4-10,17H,3H2,1-2H3. The van der Waals surface area contributed by atoms with Gasteiger partial charge in [0.25, 0.3) is 10.0 Å². The molecule has 2 rings (SSSR count). The van der Waals surface area contributed by atoms with Crippen molar-refractivity contribution in [3.05, 3.63) is 46.0 Å². The third kappa shape index (κ3) is 4.04. The van der Waals surface area contributed by atoms with Gasteiger partial charge in [-0.1, -0.05) is 6.07 Å². The number of rotatable bonds is 6. The van der Waals surface area contributed by atoms with Crippen LogP contribution in [0, 0.1) is 3.57 Å². The predicted octanol–water partition coefficient (Wildman–Crippen LogP) is 3.50. The highest BCUT2D eigenvalue weighted by molar-refractivity contribution is 14.1. The van der Waals surface area contributed by atoms with E-state index < -0.39 is 10.0 Å². The van der Waals surface area contributed by atoms with Gasteiger partial charge in [-0.15, -0.1) is 0 Å². The van der Waals surface area contributed by atoms with Crippen LogP contribution in [-0.4, -0.2) is 22.1 Å². The molecule has 7 heteroatoms. The number of methoxy groups -OCH3 is 1. The molecule has 0 atom stereocenters. The van der Waals surface area contributed by atoms with Crippen LogP contribution < -0.4 is 14.2 Å². The molecule has 0 heterocycles. The second-order valence-corrected chi connectivity index (χ2v) is 7.21. The van der Waals surface area contributed by atoms with Crippen LogP contribution in [0.5, 0.6) is 11.5 Å². The summed E-state index contributed by atoms with van der Waals surface area (Å²) in [7, 11) is -2.11. The minimum atomic E-state index is -3.66. The Morgan fingerprint density at radius 3 is 2.59 bits per heavy atom. The molecular weight excluding hydrogens is 417 g/mol. The smallest absolute Gasteiger partial charge is 0.261 e. The van der Waals surface area contributed by atoms with Crippen LogP contribution in [0.4, 0.5) is 5.69 Å². The predicted molar refractivity (Wildman–Crippen MR) is 94.1 cm³/mol. The molecule has 1 N–H and O–H groups in total. The third-order valence-electron chi connectivity index (χ3n) is 2.83. The quantitative estimate of drug-likeness (QED) is 0.709. The number of hydrogen-bond donors (Lipinski definition) is 1. The van der Waals surface area contributed by atoms with Crippen molar-refractivity contribution >= 4 is 38.3 Å². The first-order valence-electron chi connectivity index (χ1n) is 6.55. The van der Waals surface area contributed by atoms with E-state index in [1.54, 1.807) is 43.5 Å². The lowest BCUT2D eigenvalue weighted by atomic mass is 10.3. The maximum absolute atomic E-state index is 12.4. The molecule has 0 aliphatic carbocycles. The van der Waals surface area contributed by atoms with E-state index in [9.17, 15) is 8.42 Å². The lowest BCUT2D eigenvalue weighted by Gasteiger charge is -2.11. The van der Waals surface area contributed by atoms with E-state index in [1.807, 2.05) is 29.5 Å². The Labute approximate surface area is 143 Å². The van der Waals surface area contributed by atoms with Crippen molar-refractivity contribution in [3.63, 3.8) is 0 Å². The topological polar surface area (TPSA) is 64.6 Å². The Bertz CT molecular complexity index is 762. The molecule has 0 aliphatic rings. The average Bonchev–Trinajstić information content (AvgIpc) is 2.47. The van der Waals surface area contributed by atoms with Crippen LogP contribution in [-0.2, 0) is 10.0 Å². The van der Waals surface area contributed by atoms with Gasteiger partial charge in [0.1, 0.15) is 11.5 Å². The van der Waals surface area contributed by atoms with Crippen LogP contribution in [0.3, 0.4) is 0 Å². The highest BCUT2D eigenvalue weighted by atomic mass is 127. The van der Waals surface area contributed by atoms with E-state index in [1.165, 1.54) is 6.07 Å². The lowest BCUT2D eigenvalue weighted by Crippen LogP contribution is -2.13. The Kier molecular flexibility index (Phi) is 5.52. The summed E-state index contributed by atoms with van der Waals surface area (Å²) in [6.07, 6.45) is 0. The summed E-state index contributed by atoms with van der Waals surface area (Å²) in [6, 6.07) is 11.5. The maximum atomic E-state index is 12.4. The fourth-order valence-corrected chi connectivity index (χ4v) is 3.87. The van der Waals surface area contributed by atoms with Crippen molar-refractivity contribution in [2.24, 2.45) is 0 Å². The van der Waals surface area contributed by atoms with Gasteiger partial charge in [-0.25, -0.2) is 8.42 Å². The van der Waals surface area contributed by atoms with Gasteiger partial charge in [0.2, 0.25) is 0 Å². The molecular formula is C15H16INO4S. The average molecular weight is 433 g/mol. The van der Waals surface area contributed by atoms with Gasteiger partial charge >= 0.3 is 0 Å². The monoisotopic (exact) mass is 433 g/mol. The van der Waals surface area contributed by atoms with Crippen molar-refractivity contribution in [1.82, 2.24) is 0 Å². The van der Waals surface area contributed by atoms with Gasteiger partial charge < -0.3 is 9.47 Å². The summed E-state index contributed by atoms with van der Waals surface area (Å²) in [5, 5.41) is 0. The molecule has 2 aromatic carbocycles. The van der Waals surface area contributed by atoms with Gasteiger partial charge in [0, 0.05) is 6.07 Å². The molecule has 0 bridgehead atoms. The first kappa shape index (κ1) is 16.9. The molecule has 118 valence electrons. The Balaban J connectivity index is 2.27. The maximum Gasteiger partial charge on any atom is 0.261 e. The summed E-state index contributed by atoms with van der Waals surface area (Å²) in [5.74, 6) is 1.25. The van der Waals surface area contributed by atoms with Crippen molar-refractivity contribution in [1.29, 1.82) is 0 Å². The van der Waals surface area contributed by atoms with Crippen molar-refractivity contribution in [2.75, 3.05) is 18.4 Å². The molecule has 0 radical (unpaired) electrons. The summed E-state index contributed by atoms with van der Waals surface area (Å²) in [4.78, 5) is 0.180. The van der Waals surface area contributed by atoms with Gasteiger partial charge in [-0.2, -0.15) is 0 Å². The molecule has 0 fully saturated rings. The number of ether oxygens (including phenoxy) is 2. The normalized spacial score (nSPS) is 11.0. The van der Waals surface area contributed by atoms with Crippen LogP contribution in [0.2, 0.25) is 0 Å². The third-order valence-corrected chi connectivity index (χ3v) is 5.05. The summed E-state index contributed by atoms with van der Waals surface area (Å²) in [5.41, 5.74) is 0.455. The van der Waals surface area contributed by atoms with E-state index in [4.69, 9.17) is 9.47 Å². The molecule has 2 aromatic rings. The number of benzene rings is 2. The second kappa shape index (κ2) is 7.19. The molecule has 5 nitrogen and oxygen atoms in total. The van der Waals surface area contributed by atoms with E-state index >= 15 is 0 Å². The van der Waals surface area contributed by atoms with E-state index in [-0.39, 0.29) is 4.90 Å². The first-order chi connectivity index (χ1) is 10.5. The van der Waals surface area contributed by atoms with Crippen LogP contribution in [0.1, 0.15) is 6.92 Å². The van der Waals surface area contributed by atoms with Crippen molar-refractivity contribution in [2.45, 2.75) is 11.8 Å². The highest BCUT2D eigenvalue weighted by Crippen LogP contribution is 2.26. The Hall–Kier alpha value is -1.48. The minimum Gasteiger partial charge on any atom is -0.496 e. The molecule has 0 amide bonds. The van der Waals surface area contributed by atoms with E-state index in [0.717, 1.165) is 3.57 Å². The van der Waals surface area contributed by atoms with Gasteiger partial charge in [0.05, 0.1) is 27.9 Å². The zero-order valence-electron chi connectivity index (χ0n) is 12.2. The molecule has 0 saturated heterocycles. The molecule has 0 unspecified atom stereocenters. The summed E-state index contributed by atoms with van der Waals surface area (Å²) in [6.45, 7) is 2.39. The second-order valence-electron chi connectivity index (χ2n) is 4.36. The van der Waals surface area contributed by atoms with Gasteiger partial charge in [-0.05, 0) is 59.8 Å². The zero-order chi connectivity index (χ0) is 16.2. The fourth-order valence-electron chi connectivity index (χ4n) is 1.84. The number of anilines is 1. The molecule has 0 saturated carbocycles. The van der Waals surface area contributed by atoms with Gasteiger partial charge in [-0.3, -0.25) is 4.72 Å². The number of hydrogen-bond acceptors (Lipinski definition) is 4. The number of sulfonamides is 1. The lowest BCUT2D eigenvalue weighted by molar-refractivity contribution is 0.340. The summed E-state index contributed by atoms with van der Waals surface area (Å²) >= 11 is 2.04. The number of nitrogens with one attached hydrogen (secondary N) is 1. The van der Waals surface area contributed by atoms with Crippen LogP contribution >= 0.6 is 22.6 Å². The number of halogens is 1. The fraction of sp³-hybridized carbons (Fsp3) is 0.200. The molecule has 0 aromatic heterocycles. The van der Waals surface area contributed by atoms with Crippen molar-refractivity contribution < 1.29 is 17.9 Å². The SMILES string of the molecule is CCOc1cccc(NS(=O)(=O)c2ccc(OC)c(I)c2)c1. The molecule has 22 heavy (non-hydrogen) atoms. The Morgan fingerprint density at radius 1 is 1.18 bits per heavy atom. The summed E-state index contributed by atoms with van der Waals surface area (Å²) < 4.78 is 38.6. The minimum absolute atomic E-state index is 0.180. The highest BCUT2D eigenvalue weighted by Gasteiger charge is 2.16. The molecule has 0 spiro atoms. The molecule has 0 aliphatic heterocycles. The Morgan fingerprint density at radius 2 is 1.95 bits per heavy atom. The van der Waals surface area contributed by atoms with Crippen LogP contribution in [0.25, 0.3) is 0 Å². The van der Waals surface area contributed by atoms with Crippen LogP contribution in [0.15, 0.2) is 47.4 Å². The largest absolute Gasteiger partial charge is 0.496 e. The zero-order valence-corrected chi connectivity index (χ0v) is 15.1. The van der Waals surface area contributed by atoms with Gasteiger partial charge in [0.15, 0.2) is 0 Å². The van der Waals surface area contributed by atoms with E-state index in [2.05, 4.69) is 4.72 Å².